The molecule has 0 radical (unpaired) electrons. The van der Waals surface area contributed by atoms with E-state index in [0.29, 0.717) is 0 Å². The van der Waals surface area contributed by atoms with Gasteiger partial charge in [0, 0.05) is 12.4 Å². The quantitative estimate of drug-likeness (QED) is 0.456. The Labute approximate surface area is 87.0 Å². The molecule has 0 atom stereocenters. The zero-order chi connectivity index (χ0) is 9.90. The Kier molecular flexibility index (Phi) is 3.34. The SMILES string of the molecule is O=S(=O)(N=C(S)S)c1cccnc1. The van der Waals surface area contributed by atoms with E-state index in [2.05, 4.69) is 34.6 Å². The predicted octanol–water partition coefficient (Wildman–Crippen LogP) is 0.986. The molecular weight excluding hydrogens is 228 g/mol. The number of nitrogens with zero attached hydrogens (tertiary/aromatic N) is 2. The first-order valence-electron chi connectivity index (χ1n) is 3.15. The van der Waals surface area contributed by atoms with Crippen LogP contribution in [0.3, 0.4) is 0 Å². The van der Waals surface area contributed by atoms with Crippen molar-refractivity contribution in [1.29, 1.82) is 0 Å². The van der Waals surface area contributed by atoms with Crippen LogP contribution in [0.15, 0.2) is 33.8 Å². The van der Waals surface area contributed by atoms with Crippen LogP contribution in [0.4, 0.5) is 0 Å². The minimum Gasteiger partial charge on any atom is -0.263 e. The van der Waals surface area contributed by atoms with E-state index in [0.717, 1.165) is 0 Å². The summed E-state index contributed by atoms with van der Waals surface area (Å²) in [5.41, 5.74) is 0. The summed E-state index contributed by atoms with van der Waals surface area (Å²) in [6, 6.07) is 2.91. The molecule has 0 aliphatic rings. The maximum absolute atomic E-state index is 11.3. The third-order valence-corrected chi connectivity index (χ3v) is 2.86. The molecule has 0 N–H and O–H groups in total. The fourth-order valence-corrected chi connectivity index (χ4v) is 2.07. The van der Waals surface area contributed by atoms with Crippen LogP contribution >= 0.6 is 25.3 Å². The second kappa shape index (κ2) is 4.12. The molecule has 0 bridgehead atoms. The van der Waals surface area contributed by atoms with Crippen LogP contribution in [0.2, 0.25) is 0 Å². The molecular formula is C6H6N2O2S3. The first-order valence-corrected chi connectivity index (χ1v) is 5.49. The number of aromatic nitrogens is 1. The number of hydrogen-bond donors (Lipinski definition) is 2. The van der Waals surface area contributed by atoms with Gasteiger partial charge in [0.15, 0.2) is 0 Å². The van der Waals surface area contributed by atoms with Gasteiger partial charge in [0.05, 0.1) is 0 Å². The topological polar surface area (TPSA) is 59.4 Å². The van der Waals surface area contributed by atoms with E-state index in [1.54, 1.807) is 0 Å². The second-order valence-electron chi connectivity index (χ2n) is 2.06. The Morgan fingerprint density at radius 2 is 2.15 bits per heavy atom. The lowest BCUT2D eigenvalue weighted by Gasteiger charge is -1.96. The minimum atomic E-state index is -3.69. The van der Waals surface area contributed by atoms with E-state index >= 15 is 0 Å². The number of thiol groups is 2. The Morgan fingerprint density at radius 3 is 2.62 bits per heavy atom. The summed E-state index contributed by atoms with van der Waals surface area (Å²) in [7, 11) is -3.69. The number of rotatable bonds is 2. The lowest BCUT2D eigenvalue weighted by Crippen LogP contribution is -1.98. The molecule has 0 spiro atoms. The molecule has 0 saturated carbocycles. The van der Waals surface area contributed by atoms with Crippen LogP contribution in [0.1, 0.15) is 0 Å². The van der Waals surface area contributed by atoms with Gasteiger partial charge in [-0.3, -0.25) is 4.98 Å². The molecule has 0 unspecified atom stereocenters. The van der Waals surface area contributed by atoms with E-state index < -0.39 is 10.0 Å². The van der Waals surface area contributed by atoms with Gasteiger partial charge in [0.25, 0.3) is 10.0 Å². The summed E-state index contributed by atoms with van der Waals surface area (Å²) in [6.45, 7) is 0. The molecule has 70 valence electrons. The monoisotopic (exact) mass is 234 g/mol. The zero-order valence-corrected chi connectivity index (χ0v) is 8.93. The standard InChI is InChI=1S/C6H6N2O2S3/c9-13(10,8-6(11)12)5-2-1-3-7-4-5/h1-4H,(H2,8,11,12). The number of hydrogen-bond acceptors (Lipinski definition) is 3. The van der Waals surface area contributed by atoms with Gasteiger partial charge in [0.2, 0.25) is 0 Å². The highest BCUT2D eigenvalue weighted by Crippen LogP contribution is 2.11. The molecule has 0 aromatic carbocycles. The minimum absolute atomic E-state index is 0.0237. The Bertz CT molecular complexity index is 409. The highest BCUT2D eigenvalue weighted by atomic mass is 32.2. The van der Waals surface area contributed by atoms with Crippen LogP contribution in [0.25, 0.3) is 0 Å². The van der Waals surface area contributed by atoms with Crippen molar-refractivity contribution < 1.29 is 8.42 Å². The van der Waals surface area contributed by atoms with Gasteiger partial charge < -0.3 is 0 Å². The van der Waals surface area contributed by atoms with Crippen molar-refractivity contribution in [2.24, 2.45) is 4.40 Å². The van der Waals surface area contributed by atoms with Gasteiger partial charge in [-0.2, -0.15) is 8.42 Å². The molecule has 13 heavy (non-hydrogen) atoms. The van der Waals surface area contributed by atoms with Gasteiger partial charge in [-0.05, 0) is 12.1 Å². The van der Waals surface area contributed by atoms with Crippen LogP contribution in [0, 0.1) is 0 Å². The van der Waals surface area contributed by atoms with E-state index in [1.807, 2.05) is 0 Å². The number of sulfonamides is 1. The molecule has 1 rings (SSSR count). The van der Waals surface area contributed by atoms with Gasteiger partial charge in [0.1, 0.15) is 9.27 Å². The van der Waals surface area contributed by atoms with E-state index in [4.69, 9.17) is 0 Å². The molecule has 0 saturated heterocycles. The van der Waals surface area contributed by atoms with E-state index in [-0.39, 0.29) is 9.27 Å². The molecule has 7 heteroatoms. The summed E-state index contributed by atoms with van der Waals surface area (Å²) in [5.74, 6) is 0. The third kappa shape index (κ3) is 3.02. The molecule has 0 amide bonds. The van der Waals surface area contributed by atoms with Gasteiger partial charge >= 0.3 is 0 Å². The van der Waals surface area contributed by atoms with Crippen molar-refractivity contribution in [2.45, 2.75) is 4.90 Å². The fraction of sp³-hybridized carbons (Fsp3) is 0. The molecule has 0 aliphatic heterocycles. The van der Waals surface area contributed by atoms with Crippen molar-refractivity contribution in [3.63, 3.8) is 0 Å². The van der Waals surface area contributed by atoms with Crippen molar-refractivity contribution in [1.82, 2.24) is 4.98 Å². The third-order valence-electron chi connectivity index (χ3n) is 1.13. The highest BCUT2D eigenvalue weighted by Gasteiger charge is 2.11. The second-order valence-corrected chi connectivity index (χ2v) is 4.86. The normalized spacial score (nSPS) is 10.9. The molecule has 4 nitrogen and oxygen atoms in total. The summed E-state index contributed by atoms with van der Waals surface area (Å²) in [4.78, 5) is 3.68. The lowest BCUT2D eigenvalue weighted by atomic mass is 10.5. The largest absolute Gasteiger partial charge is 0.285 e. The van der Waals surface area contributed by atoms with Crippen molar-refractivity contribution >= 4 is 39.7 Å². The summed E-state index contributed by atoms with van der Waals surface area (Å²) >= 11 is 7.31. The highest BCUT2D eigenvalue weighted by molar-refractivity contribution is 8.24. The Morgan fingerprint density at radius 1 is 1.46 bits per heavy atom. The zero-order valence-electron chi connectivity index (χ0n) is 6.32. The predicted molar refractivity (Wildman–Crippen MR) is 56.8 cm³/mol. The summed E-state index contributed by atoms with van der Waals surface area (Å²) in [5, 5.41) is 0. The van der Waals surface area contributed by atoms with Crippen LogP contribution in [-0.4, -0.2) is 17.8 Å². The summed E-state index contributed by atoms with van der Waals surface area (Å²) in [6.07, 6.45) is 2.69. The van der Waals surface area contributed by atoms with Crippen LogP contribution in [-0.2, 0) is 10.0 Å². The number of pyridine rings is 1. The first kappa shape index (κ1) is 10.6. The average molecular weight is 234 g/mol. The maximum Gasteiger partial charge on any atom is 0.285 e. The smallest absolute Gasteiger partial charge is 0.263 e. The first-order chi connectivity index (χ1) is 6.02. The fourth-order valence-electron chi connectivity index (χ4n) is 0.660. The Balaban J connectivity index is 3.18. The molecule has 1 heterocycles. The van der Waals surface area contributed by atoms with Gasteiger partial charge in [-0.1, -0.05) is 0 Å². The van der Waals surface area contributed by atoms with Crippen molar-refractivity contribution in [3.8, 4) is 0 Å². The van der Waals surface area contributed by atoms with E-state index in [1.165, 1.54) is 24.5 Å². The Hall–Kier alpha value is -0.530. The van der Waals surface area contributed by atoms with Crippen LogP contribution < -0.4 is 0 Å². The van der Waals surface area contributed by atoms with Gasteiger partial charge in [-0.25, -0.2) is 0 Å². The lowest BCUT2D eigenvalue weighted by molar-refractivity contribution is 0.598. The van der Waals surface area contributed by atoms with E-state index in [9.17, 15) is 8.42 Å². The average Bonchev–Trinajstić information content (AvgIpc) is 2.04. The molecule has 0 fully saturated rings. The summed E-state index contributed by atoms with van der Waals surface area (Å²) < 4.78 is 25.8. The van der Waals surface area contributed by atoms with Crippen molar-refractivity contribution in [2.75, 3.05) is 0 Å². The molecule has 1 aromatic heterocycles. The molecule has 1 aromatic rings. The van der Waals surface area contributed by atoms with Gasteiger partial charge in [-0.15, -0.1) is 29.7 Å². The van der Waals surface area contributed by atoms with Crippen molar-refractivity contribution in [3.05, 3.63) is 24.5 Å². The van der Waals surface area contributed by atoms with Crippen LogP contribution in [0.5, 0.6) is 0 Å². The maximum atomic E-state index is 11.3. The molecule has 0 aliphatic carbocycles.